The van der Waals surface area contributed by atoms with Gasteiger partial charge in [0, 0.05) is 6.54 Å². The average Bonchev–Trinajstić information content (AvgIpc) is 3.08. The molecule has 0 aliphatic carbocycles. The molecule has 1 unspecified atom stereocenters. The number of amides is 1. The van der Waals surface area contributed by atoms with Gasteiger partial charge in [-0.15, -0.1) is 0 Å². The molecule has 3 rings (SSSR count). The van der Waals surface area contributed by atoms with E-state index >= 15 is 0 Å². The van der Waals surface area contributed by atoms with Crippen molar-refractivity contribution < 1.29 is 19.1 Å². The summed E-state index contributed by atoms with van der Waals surface area (Å²) in [7, 11) is -2.02. The summed E-state index contributed by atoms with van der Waals surface area (Å²) in [5.74, 6) is 0. The lowest BCUT2D eigenvalue weighted by Gasteiger charge is -2.38. The minimum absolute atomic E-state index is 0.0683. The van der Waals surface area contributed by atoms with Crippen LogP contribution >= 0.6 is 0 Å². The van der Waals surface area contributed by atoms with E-state index in [2.05, 4.69) is 39.9 Å². The number of ether oxygens (including phenoxy) is 1. The summed E-state index contributed by atoms with van der Waals surface area (Å²) in [6.45, 7) is 17.1. The Kier molecular flexibility index (Phi) is 6.81. The molecule has 2 aromatic carbocycles. The largest absolute Gasteiger partial charge is 0.444 e. The first-order chi connectivity index (χ1) is 14.7. The molecule has 0 spiro atoms. The molecular weight excluding hydrogens is 418 g/mol. The summed E-state index contributed by atoms with van der Waals surface area (Å²) in [5.41, 5.74) is 0.198. The molecule has 1 amide bonds. The Bertz CT molecular complexity index is 960. The third-order valence-electron chi connectivity index (χ3n) is 6.68. The van der Waals surface area contributed by atoms with Crippen LogP contribution in [0.25, 0.3) is 10.8 Å². The summed E-state index contributed by atoms with van der Waals surface area (Å²) in [6, 6.07) is 13.7. The van der Waals surface area contributed by atoms with Gasteiger partial charge in [-0.05, 0) is 67.7 Å². The van der Waals surface area contributed by atoms with Gasteiger partial charge >= 0.3 is 6.09 Å². The standard InChI is InChI=1S/C26H39NO4Si/c1-25(2,3)30-24(29)27-17-21(31-32(7,8)26(4,5)6)16-22(27)23(28)20-14-13-18-11-9-10-12-19(18)15-20/h9-15,21-23,28H,16-17H2,1-8H3/t21-,22+,23?/m1/s1. The normalized spacial score (nSPS) is 21.1. The van der Waals surface area contributed by atoms with Crippen molar-refractivity contribution >= 4 is 25.2 Å². The van der Waals surface area contributed by atoms with E-state index < -0.39 is 32.2 Å². The fourth-order valence-corrected chi connectivity index (χ4v) is 5.31. The van der Waals surface area contributed by atoms with E-state index in [1.807, 2.05) is 57.2 Å². The van der Waals surface area contributed by atoms with Crippen molar-refractivity contribution in [3.05, 3.63) is 48.0 Å². The summed E-state index contributed by atoms with van der Waals surface area (Å²) in [6.07, 6.45) is -0.757. The maximum Gasteiger partial charge on any atom is 0.410 e. The maximum absolute atomic E-state index is 13.1. The van der Waals surface area contributed by atoms with E-state index in [-0.39, 0.29) is 11.1 Å². The third-order valence-corrected chi connectivity index (χ3v) is 11.2. The zero-order chi connectivity index (χ0) is 23.9. The number of aliphatic hydroxyl groups excluding tert-OH is 1. The number of aliphatic hydroxyl groups is 1. The van der Waals surface area contributed by atoms with Crippen LogP contribution in [0.5, 0.6) is 0 Å². The van der Waals surface area contributed by atoms with Crippen LogP contribution < -0.4 is 0 Å². The van der Waals surface area contributed by atoms with E-state index in [1.165, 1.54) is 0 Å². The van der Waals surface area contributed by atoms with Crippen LogP contribution in [-0.4, -0.2) is 48.7 Å². The van der Waals surface area contributed by atoms with E-state index in [9.17, 15) is 9.90 Å². The quantitative estimate of drug-likeness (QED) is 0.550. The summed E-state index contributed by atoms with van der Waals surface area (Å²) in [5, 5.41) is 13.6. The SMILES string of the molecule is CC(C)(C)OC(=O)N1C[C@H](O[Si](C)(C)C(C)(C)C)C[C@H]1C(O)c1ccc2ccccc2c1. The Labute approximate surface area is 193 Å². The highest BCUT2D eigenvalue weighted by Crippen LogP contribution is 2.40. The number of rotatable bonds is 4. The number of hydrogen-bond donors (Lipinski definition) is 1. The molecule has 6 heteroatoms. The number of carbonyl (C=O) groups is 1. The molecular formula is C26H39NO4Si. The lowest BCUT2D eigenvalue weighted by atomic mass is 9.97. The zero-order valence-electron chi connectivity index (χ0n) is 20.8. The molecule has 0 aromatic heterocycles. The smallest absolute Gasteiger partial charge is 0.410 e. The highest BCUT2D eigenvalue weighted by molar-refractivity contribution is 6.74. The number of hydrogen-bond acceptors (Lipinski definition) is 4. The molecule has 1 N–H and O–H groups in total. The summed E-state index contributed by atoms with van der Waals surface area (Å²) < 4.78 is 12.3. The second-order valence-electron chi connectivity index (χ2n) is 11.5. The van der Waals surface area contributed by atoms with Gasteiger partial charge in [0.25, 0.3) is 0 Å². The van der Waals surface area contributed by atoms with Crippen LogP contribution in [0.2, 0.25) is 18.1 Å². The molecule has 0 bridgehead atoms. The Morgan fingerprint density at radius 2 is 1.69 bits per heavy atom. The third kappa shape index (κ3) is 5.53. The number of nitrogens with zero attached hydrogens (tertiary/aromatic N) is 1. The fourth-order valence-electron chi connectivity index (χ4n) is 3.95. The van der Waals surface area contributed by atoms with Gasteiger partial charge in [0.2, 0.25) is 0 Å². The maximum atomic E-state index is 13.1. The molecule has 5 nitrogen and oxygen atoms in total. The monoisotopic (exact) mass is 457 g/mol. The van der Waals surface area contributed by atoms with Gasteiger partial charge in [-0.2, -0.15) is 0 Å². The Hall–Kier alpha value is -1.89. The minimum Gasteiger partial charge on any atom is -0.444 e. The summed E-state index contributed by atoms with van der Waals surface area (Å²) >= 11 is 0. The van der Waals surface area contributed by atoms with Crippen molar-refractivity contribution in [3.63, 3.8) is 0 Å². The van der Waals surface area contributed by atoms with Gasteiger partial charge < -0.3 is 14.3 Å². The van der Waals surface area contributed by atoms with E-state index in [0.717, 1.165) is 16.3 Å². The Balaban J connectivity index is 1.88. The van der Waals surface area contributed by atoms with Crippen molar-refractivity contribution in [1.82, 2.24) is 4.90 Å². The number of fused-ring (bicyclic) bond motifs is 1. The predicted octanol–water partition coefficient (Wildman–Crippen LogP) is 6.27. The fraction of sp³-hybridized carbons (Fsp3) is 0.577. The molecule has 2 aromatic rings. The van der Waals surface area contributed by atoms with Crippen LogP contribution in [0.15, 0.2) is 42.5 Å². The molecule has 0 radical (unpaired) electrons. The second-order valence-corrected chi connectivity index (χ2v) is 16.2. The lowest BCUT2D eigenvalue weighted by Crippen LogP contribution is -2.45. The Morgan fingerprint density at radius 3 is 2.28 bits per heavy atom. The first kappa shape index (κ1) is 24.7. The number of likely N-dealkylation sites (tertiary alicyclic amines) is 1. The van der Waals surface area contributed by atoms with Crippen molar-refractivity contribution in [2.45, 2.75) is 89.9 Å². The first-order valence-electron chi connectivity index (χ1n) is 11.5. The van der Waals surface area contributed by atoms with Gasteiger partial charge in [-0.3, -0.25) is 4.90 Å². The van der Waals surface area contributed by atoms with Gasteiger partial charge in [0.15, 0.2) is 8.32 Å². The zero-order valence-corrected chi connectivity index (χ0v) is 21.8. The van der Waals surface area contributed by atoms with Gasteiger partial charge in [-0.1, -0.05) is 57.2 Å². The first-order valence-corrected chi connectivity index (χ1v) is 14.4. The second kappa shape index (κ2) is 8.80. The van der Waals surface area contributed by atoms with Gasteiger partial charge in [-0.25, -0.2) is 4.79 Å². The van der Waals surface area contributed by atoms with Crippen molar-refractivity contribution in [2.75, 3.05) is 6.54 Å². The van der Waals surface area contributed by atoms with Crippen LogP contribution in [0.1, 0.15) is 59.6 Å². The highest BCUT2D eigenvalue weighted by atomic mass is 28.4. The van der Waals surface area contributed by atoms with Crippen molar-refractivity contribution in [1.29, 1.82) is 0 Å². The average molecular weight is 458 g/mol. The minimum atomic E-state index is -2.02. The predicted molar refractivity (Wildman–Crippen MR) is 132 cm³/mol. The van der Waals surface area contributed by atoms with Gasteiger partial charge in [0.05, 0.1) is 18.2 Å². The van der Waals surface area contributed by atoms with E-state index in [4.69, 9.17) is 9.16 Å². The van der Waals surface area contributed by atoms with Crippen LogP contribution in [0.3, 0.4) is 0 Å². The van der Waals surface area contributed by atoms with Crippen LogP contribution in [0, 0.1) is 0 Å². The van der Waals surface area contributed by atoms with Crippen LogP contribution in [0.4, 0.5) is 4.79 Å². The summed E-state index contributed by atoms with van der Waals surface area (Å²) in [4.78, 5) is 14.7. The molecule has 1 fully saturated rings. The van der Waals surface area contributed by atoms with Gasteiger partial charge in [0.1, 0.15) is 5.60 Å². The Morgan fingerprint density at radius 1 is 1.06 bits per heavy atom. The molecule has 32 heavy (non-hydrogen) atoms. The molecule has 1 aliphatic rings. The molecule has 0 saturated carbocycles. The molecule has 1 heterocycles. The molecule has 3 atom stereocenters. The number of benzene rings is 2. The van der Waals surface area contributed by atoms with Crippen LogP contribution in [-0.2, 0) is 9.16 Å². The molecule has 176 valence electrons. The topological polar surface area (TPSA) is 59.0 Å². The molecule has 1 saturated heterocycles. The van der Waals surface area contributed by atoms with Crippen molar-refractivity contribution in [3.8, 4) is 0 Å². The number of carbonyl (C=O) groups excluding carboxylic acids is 1. The van der Waals surface area contributed by atoms with E-state index in [0.29, 0.717) is 13.0 Å². The van der Waals surface area contributed by atoms with E-state index in [1.54, 1.807) is 4.90 Å². The van der Waals surface area contributed by atoms with Crippen molar-refractivity contribution in [2.24, 2.45) is 0 Å². The molecule has 1 aliphatic heterocycles. The highest BCUT2D eigenvalue weighted by Gasteiger charge is 2.46. The lowest BCUT2D eigenvalue weighted by molar-refractivity contribution is 0.00447.